The Labute approximate surface area is 305 Å². The molecule has 2 aliphatic heterocycles. The number of aliphatic imine (C=N–C) groups is 1. The SMILES string of the molecule is C\C=C/C(C)=C(\C=C\C(C)NC1CCN(CC/C=C\C(=NC)N2CCC(NC(=O)c3cccc(-c4cccnc4)c3)CC2)CC1)C(/C=N)=C/C=N. The third-order valence-corrected chi connectivity index (χ3v) is 9.59. The molecule has 4 rings (SSSR count). The Hall–Kier alpha value is -4.73. The van der Waals surface area contributed by atoms with E-state index < -0.39 is 0 Å². The third kappa shape index (κ3) is 12.2. The van der Waals surface area contributed by atoms with Gasteiger partial charge < -0.3 is 31.3 Å². The number of hydrogen-bond acceptors (Lipinski definition) is 7. The van der Waals surface area contributed by atoms with Crippen LogP contribution in [0.3, 0.4) is 0 Å². The fourth-order valence-corrected chi connectivity index (χ4v) is 6.75. The van der Waals surface area contributed by atoms with E-state index in [1.54, 1.807) is 12.3 Å². The average Bonchev–Trinajstić information content (AvgIpc) is 3.16. The molecule has 3 heterocycles. The second kappa shape index (κ2) is 20.8. The molecule has 1 atom stereocenters. The van der Waals surface area contributed by atoms with Gasteiger partial charge in [0.15, 0.2) is 0 Å². The van der Waals surface area contributed by atoms with E-state index in [1.807, 2.05) is 75.6 Å². The summed E-state index contributed by atoms with van der Waals surface area (Å²) in [4.78, 5) is 26.7. The Morgan fingerprint density at radius 2 is 1.76 bits per heavy atom. The number of pyridine rings is 1. The second-order valence-corrected chi connectivity index (χ2v) is 13.3. The Bertz CT molecular complexity index is 1620. The molecule has 0 aliphatic carbocycles. The van der Waals surface area contributed by atoms with E-state index in [0.29, 0.717) is 11.6 Å². The summed E-state index contributed by atoms with van der Waals surface area (Å²) in [5, 5.41) is 22.3. The number of piperidine rings is 2. The van der Waals surface area contributed by atoms with Crippen molar-refractivity contribution in [1.29, 1.82) is 10.8 Å². The van der Waals surface area contributed by atoms with Crippen molar-refractivity contribution in [3.8, 4) is 11.1 Å². The first-order valence-corrected chi connectivity index (χ1v) is 18.3. The molecule has 2 aromatic rings. The zero-order valence-corrected chi connectivity index (χ0v) is 30.8. The van der Waals surface area contributed by atoms with Crippen LogP contribution in [0.4, 0.5) is 0 Å². The molecular formula is C42H56N8O. The molecule has 2 aliphatic rings. The maximum absolute atomic E-state index is 13.1. The van der Waals surface area contributed by atoms with Crippen molar-refractivity contribution in [1.82, 2.24) is 25.4 Å². The van der Waals surface area contributed by atoms with Crippen LogP contribution in [0, 0.1) is 10.8 Å². The summed E-state index contributed by atoms with van der Waals surface area (Å²) >= 11 is 0. The predicted molar refractivity (Wildman–Crippen MR) is 213 cm³/mol. The molecule has 0 spiro atoms. The van der Waals surface area contributed by atoms with Gasteiger partial charge in [0, 0.05) is 86.3 Å². The highest BCUT2D eigenvalue weighted by Crippen LogP contribution is 2.21. The fraction of sp³-hybridized carbons (Fsp3) is 0.405. The Kier molecular flexibility index (Phi) is 16.0. The number of likely N-dealkylation sites (tertiary alicyclic amines) is 2. The van der Waals surface area contributed by atoms with Gasteiger partial charge in [-0.1, -0.05) is 48.6 Å². The second-order valence-electron chi connectivity index (χ2n) is 13.3. The minimum Gasteiger partial charge on any atom is -0.357 e. The molecule has 0 saturated carbocycles. The smallest absolute Gasteiger partial charge is 0.251 e. The van der Waals surface area contributed by atoms with E-state index in [0.717, 1.165) is 98.5 Å². The Balaban J connectivity index is 1.16. The van der Waals surface area contributed by atoms with Gasteiger partial charge in [-0.15, -0.1) is 0 Å². The lowest BCUT2D eigenvalue weighted by molar-refractivity contribution is 0.0922. The number of aromatic nitrogens is 1. The molecule has 2 saturated heterocycles. The number of amides is 1. The topological polar surface area (TPSA) is 121 Å². The molecular weight excluding hydrogens is 633 g/mol. The normalized spacial score (nSPS) is 18.4. The minimum absolute atomic E-state index is 0.0292. The lowest BCUT2D eigenvalue weighted by atomic mass is 9.99. The van der Waals surface area contributed by atoms with Crippen LogP contribution in [-0.2, 0) is 0 Å². The maximum Gasteiger partial charge on any atom is 0.251 e. The molecule has 270 valence electrons. The molecule has 9 heteroatoms. The lowest BCUT2D eigenvalue weighted by Gasteiger charge is -2.34. The van der Waals surface area contributed by atoms with Crippen molar-refractivity contribution < 1.29 is 4.79 Å². The van der Waals surface area contributed by atoms with Crippen LogP contribution in [0.2, 0.25) is 0 Å². The number of amidine groups is 1. The van der Waals surface area contributed by atoms with Gasteiger partial charge in [-0.25, -0.2) is 0 Å². The summed E-state index contributed by atoms with van der Waals surface area (Å²) in [6.07, 6.45) is 25.5. The monoisotopic (exact) mass is 688 g/mol. The number of hydrogen-bond donors (Lipinski definition) is 4. The van der Waals surface area contributed by atoms with Gasteiger partial charge in [0.2, 0.25) is 0 Å². The molecule has 9 nitrogen and oxygen atoms in total. The molecule has 0 radical (unpaired) electrons. The molecule has 51 heavy (non-hydrogen) atoms. The van der Waals surface area contributed by atoms with Crippen LogP contribution >= 0.6 is 0 Å². The quantitative estimate of drug-likeness (QED) is 0.0910. The Morgan fingerprint density at radius 1 is 1.02 bits per heavy atom. The van der Waals surface area contributed by atoms with Crippen LogP contribution in [0.1, 0.15) is 63.2 Å². The van der Waals surface area contributed by atoms with Gasteiger partial charge in [0.25, 0.3) is 5.91 Å². The number of nitrogens with one attached hydrogen (secondary N) is 4. The molecule has 1 aromatic carbocycles. The summed E-state index contributed by atoms with van der Waals surface area (Å²) in [7, 11) is 1.86. The van der Waals surface area contributed by atoms with Crippen molar-refractivity contribution in [2.75, 3.05) is 39.8 Å². The summed E-state index contributed by atoms with van der Waals surface area (Å²) in [6, 6.07) is 12.5. The van der Waals surface area contributed by atoms with Gasteiger partial charge in [0.1, 0.15) is 5.84 Å². The van der Waals surface area contributed by atoms with Crippen molar-refractivity contribution in [2.24, 2.45) is 4.99 Å². The van der Waals surface area contributed by atoms with E-state index in [1.165, 1.54) is 12.4 Å². The van der Waals surface area contributed by atoms with E-state index in [9.17, 15) is 4.79 Å². The van der Waals surface area contributed by atoms with Crippen LogP contribution in [-0.4, -0.2) is 96.9 Å². The van der Waals surface area contributed by atoms with Gasteiger partial charge in [0.05, 0.1) is 0 Å². The number of carbonyl (C=O) groups excluding carboxylic acids is 1. The first-order valence-electron chi connectivity index (χ1n) is 18.3. The molecule has 1 amide bonds. The fourth-order valence-electron chi connectivity index (χ4n) is 6.75. The summed E-state index contributed by atoms with van der Waals surface area (Å²) in [6.45, 7) is 11.1. The molecule has 1 aromatic heterocycles. The zero-order chi connectivity index (χ0) is 36.4. The first kappa shape index (κ1) is 39.1. The van der Waals surface area contributed by atoms with Crippen molar-refractivity contribution in [2.45, 2.75) is 71.0 Å². The van der Waals surface area contributed by atoms with E-state index in [-0.39, 0.29) is 18.0 Å². The van der Waals surface area contributed by atoms with E-state index in [4.69, 9.17) is 10.8 Å². The number of allylic oxidation sites excluding steroid dienone is 7. The first-order chi connectivity index (χ1) is 24.8. The summed E-state index contributed by atoms with van der Waals surface area (Å²) in [5.74, 6) is 0.979. The van der Waals surface area contributed by atoms with Crippen LogP contribution < -0.4 is 10.6 Å². The molecule has 2 fully saturated rings. The zero-order valence-electron chi connectivity index (χ0n) is 30.8. The van der Waals surface area contributed by atoms with Gasteiger partial charge in [-0.3, -0.25) is 14.8 Å². The summed E-state index contributed by atoms with van der Waals surface area (Å²) < 4.78 is 0. The highest BCUT2D eigenvalue weighted by Gasteiger charge is 2.23. The van der Waals surface area contributed by atoms with Gasteiger partial charge in [-0.2, -0.15) is 0 Å². The third-order valence-electron chi connectivity index (χ3n) is 9.59. The average molecular weight is 689 g/mol. The van der Waals surface area contributed by atoms with E-state index in [2.05, 4.69) is 61.6 Å². The maximum atomic E-state index is 13.1. The standard InChI is InChI=1S/C42H56N8O/c1-5-10-32(2)40(36(30-44)17-22-43)16-15-33(3)47-38-18-25-49(26-19-38)24-7-6-14-41(45-4)50-27-20-39(21-28-50)48-42(51)35-12-8-11-34(29-35)37-13-9-23-46-31-37/h5-6,8-17,22-23,29-31,33,38-39,43-44,47H,7,18-21,24-28H2,1-4H3,(H,48,51)/b10-5-,14-6-,16-15+,36-17+,40-32+,43-22?,44-30?,45-41?. The number of benzene rings is 1. The minimum atomic E-state index is -0.0292. The van der Waals surface area contributed by atoms with Crippen molar-refractivity contribution in [3.63, 3.8) is 0 Å². The van der Waals surface area contributed by atoms with Crippen molar-refractivity contribution in [3.05, 3.63) is 114 Å². The van der Waals surface area contributed by atoms with Crippen LogP contribution in [0.5, 0.6) is 0 Å². The molecule has 4 N–H and O–H groups in total. The highest BCUT2D eigenvalue weighted by molar-refractivity contribution is 5.96. The lowest BCUT2D eigenvalue weighted by Crippen LogP contribution is -2.46. The van der Waals surface area contributed by atoms with Gasteiger partial charge >= 0.3 is 0 Å². The molecule has 0 bridgehead atoms. The van der Waals surface area contributed by atoms with Gasteiger partial charge in [-0.05, 0) is 113 Å². The van der Waals surface area contributed by atoms with Crippen LogP contribution in [0.25, 0.3) is 11.1 Å². The Morgan fingerprint density at radius 3 is 2.43 bits per heavy atom. The predicted octanol–water partition coefficient (Wildman–Crippen LogP) is 7.03. The number of nitrogens with zero attached hydrogens (tertiary/aromatic N) is 4. The summed E-state index contributed by atoms with van der Waals surface area (Å²) in [5.41, 5.74) is 5.43. The largest absolute Gasteiger partial charge is 0.357 e. The van der Waals surface area contributed by atoms with Crippen LogP contribution in [0.15, 0.2) is 113 Å². The number of rotatable bonds is 15. The number of carbonyl (C=O) groups is 1. The van der Waals surface area contributed by atoms with E-state index >= 15 is 0 Å². The highest BCUT2D eigenvalue weighted by atomic mass is 16.1. The van der Waals surface area contributed by atoms with Crippen molar-refractivity contribution >= 4 is 24.2 Å². The molecule has 1 unspecified atom stereocenters.